The number of imide groups is 1. The molecular formula is C33H24ClN3O6S2. The minimum Gasteiger partial charge on any atom is -0.493 e. The van der Waals surface area contributed by atoms with Crippen LogP contribution in [0.3, 0.4) is 0 Å². The number of hydrogen-bond donors (Lipinski definition) is 2. The number of aromatic amines is 1. The highest BCUT2D eigenvalue weighted by molar-refractivity contribution is 8.00. The molecule has 0 bridgehead atoms. The minimum absolute atomic E-state index is 0.264. The first kappa shape index (κ1) is 29.1. The van der Waals surface area contributed by atoms with Crippen molar-refractivity contribution in [2.45, 2.75) is 16.2 Å². The molecule has 0 saturated carbocycles. The maximum absolute atomic E-state index is 13.9. The molecule has 2 aliphatic rings. The summed E-state index contributed by atoms with van der Waals surface area (Å²) >= 11 is 8.27. The Morgan fingerprint density at radius 2 is 1.71 bits per heavy atom. The lowest BCUT2D eigenvalue weighted by Gasteiger charge is -2.30. The third kappa shape index (κ3) is 5.37. The summed E-state index contributed by atoms with van der Waals surface area (Å²) in [6, 6.07) is 25.2. The third-order valence-electron chi connectivity index (χ3n) is 7.85. The average molecular weight is 658 g/mol. The monoisotopic (exact) mass is 657 g/mol. The van der Waals surface area contributed by atoms with Gasteiger partial charge in [-0.15, -0.1) is 0 Å². The van der Waals surface area contributed by atoms with Crippen molar-refractivity contribution in [1.82, 2.24) is 4.98 Å². The highest BCUT2D eigenvalue weighted by Crippen LogP contribution is 2.53. The highest BCUT2D eigenvalue weighted by atomic mass is 35.5. The van der Waals surface area contributed by atoms with Gasteiger partial charge < -0.3 is 19.8 Å². The number of amides is 3. The SMILES string of the molecule is COc1cc([C@H]2c3sc(=O)[nH]c3SC3C(=O)N(c4ccc(Cl)cc4)C(=O)C32)ccc1OCC(=O)Nc1ccc2ccccc2c1. The van der Waals surface area contributed by atoms with Gasteiger partial charge in [-0.2, -0.15) is 0 Å². The van der Waals surface area contributed by atoms with Crippen LogP contribution in [0.25, 0.3) is 10.8 Å². The van der Waals surface area contributed by atoms with Crippen molar-refractivity contribution in [3.63, 3.8) is 0 Å². The van der Waals surface area contributed by atoms with Crippen LogP contribution in [0.4, 0.5) is 11.4 Å². The molecule has 226 valence electrons. The number of H-pyrrole nitrogens is 1. The number of anilines is 2. The van der Waals surface area contributed by atoms with E-state index in [-0.39, 0.29) is 29.2 Å². The second-order valence-electron chi connectivity index (χ2n) is 10.5. The van der Waals surface area contributed by atoms with Gasteiger partial charge in [-0.1, -0.05) is 71.1 Å². The molecule has 7 rings (SSSR count). The fraction of sp³-hybridized carbons (Fsp3) is 0.152. The van der Waals surface area contributed by atoms with Crippen molar-refractivity contribution >= 4 is 74.6 Å². The van der Waals surface area contributed by atoms with Crippen LogP contribution in [0.2, 0.25) is 5.02 Å². The largest absolute Gasteiger partial charge is 0.493 e. The summed E-state index contributed by atoms with van der Waals surface area (Å²) in [5.74, 6) is -1.75. The molecule has 0 spiro atoms. The first-order valence-corrected chi connectivity index (χ1v) is 16.0. The number of rotatable bonds is 7. The molecule has 45 heavy (non-hydrogen) atoms. The Morgan fingerprint density at radius 3 is 2.49 bits per heavy atom. The van der Waals surface area contributed by atoms with E-state index < -0.39 is 17.1 Å². The summed E-state index contributed by atoms with van der Waals surface area (Å²) in [5, 5.41) is 5.25. The number of carbonyl (C=O) groups excluding carboxylic acids is 3. The molecular weight excluding hydrogens is 634 g/mol. The molecule has 1 aromatic heterocycles. The van der Waals surface area contributed by atoms with Crippen LogP contribution in [0.1, 0.15) is 16.4 Å². The molecule has 1 saturated heterocycles. The highest BCUT2D eigenvalue weighted by Gasteiger charge is 2.56. The number of aromatic nitrogens is 1. The lowest BCUT2D eigenvalue weighted by molar-refractivity contribution is -0.122. The normalized spacial score (nSPS) is 18.9. The van der Waals surface area contributed by atoms with E-state index in [4.69, 9.17) is 21.1 Å². The van der Waals surface area contributed by atoms with E-state index in [0.29, 0.717) is 43.4 Å². The average Bonchev–Trinajstić information content (AvgIpc) is 3.54. The summed E-state index contributed by atoms with van der Waals surface area (Å²) in [7, 11) is 1.48. The molecule has 5 aromatic rings. The van der Waals surface area contributed by atoms with E-state index in [0.717, 1.165) is 22.1 Å². The van der Waals surface area contributed by atoms with Crippen molar-refractivity contribution in [3.05, 3.63) is 110 Å². The van der Waals surface area contributed by atoms with Gasteiger partial charge in [0.05, 0.1) is 23.7 Å². The summed E-state index contributed by atoms with van der Waals surface area (Å²) in [5.41, 5.74) is 1.76. The van der Waals surface area contributed by atoms with E-state index >= 15 is 0 Å². The molecule has 9 nitrogen and oxygen atoms in total. The van der Waals surface area contributed by atoms with Gasteiger partial charge in [0.25, 0.3) is 5.91 Å². The quantitative estimate of drug-likeness (QED) is 0.204. The molecule has 4 aromatic carbocycles. The Hall–Kier alpha value is -4.58. The molecule has 2 N–H and O–H groups in total. The smallest absolute Gasteiger partial charge is 0.305 e. The zero-order valence-corrected chi connectivity index (χ0v) is 26.0. The number of halogens is 1. The molecule has 2 unspecified atom stereocenters. The summed E-state index contributed by atoms with van der Waals surface area (Å²) in [4.78, 5) is 57.2. The number of hydrogen-bond acceptors (Lipinski definition) is 8. The topological polar surface area (TPSA) is 118 Å². The van der Waals surface area contributed by atoms with Crippen LogP contribution in [0.5, 0.6) is 11.5 Å². The number of ether oxygens (including phenoxy) is 2. The molecule has 3 heterocycles. The number of carbonyl (C=O) groups is 3. The van der Waals surface area contributed by atoms with Crippen LogP contribution >= 0.6 is 34.7 Å². The number of thiazole rings is 1. The van der Waals surface area contributed by atoms with E-state index in [1.807, 2.05) is 42.5 Å². The van der Waals surface area contributed by atoms with Crippen molar-refractivity contribution in [1.29, 1.82) is 0 Å². The molecule has 0 aliphatic carbocycles. The van der Waals surface area contributed by atoms with Crippen LogP contribution in [0.15, 0.2) is 94.7 Å². The number of nitrogens with one attached hydrogen (secondary N) is 2. The third-order valence-corrected chi connectivity index (χ3v) is 10.5. The van der Waals surface area contributed by atoms with E-state index in [1.165, 1.54) is 23.8 Å². The predicted octanol–water partition coefficient (Wildman–Crippen LogP) is 6.06. The van der Waals surface area contributed by atoms with Gasteiger partial charge in [0.15, 0.2) is 18.1 Å². The van der Waals surface area contributed by atoms with Crippen molar-refractivity contribution in [3.8, 4) is 11.5 Å². The fourth-order valence-electron chi connectivity index (χ4n) is 5.83. The summed E-state index contributed by atoms with van der Waals surface area (Å²) in [6.45, 7) is -0.264. The van der Waals surface area contributed by atoms with Crippen LogP contribution < -0.4 is 24.6 Å². The fourth-order valence-corrected chi connectivity index (χ4v) is 8.47. The standard InChI is InChI=1S/C33H24ClN3O6S2/c1-42-24-15-19(7-13-23(24)43-16-25(38)35-21-10-6-17-4-2-3-5-18(17)14-21)26-27-29(44-30-28(26)45-33(41)36-30)32(40)37(31(27)39)22-11-8-20(34)9-12-22/h2-15,26-27,29H,16H2,1H3,(H,35,38)(H,36,41)/t26-,27?,29?/m1/s1. The van der Waals surface area contributed by atoms with Gasteiger partial charge in [0.2, 0.25) is 11.8 Å². The first-order valence-electron chi connectivity index (χ1n) is 13.9. The Kier molecular flexibility index (Phi) is 7.60. The molecule has 12 heteroatoms. The van der Waals surface area contributed by atoms with Crippen molar-refractivity contribution < 1.29 is 23.9 Å². The van der Waals surface area contributed by atoms with Gasteiger partial charge >= 0.3 is 4.87 Å². The van der Waals surface area contributed by atoms with Crippen LogP contribution in [0, 0.1) is 5.92 Å². The Bertz CT molecular complexity index is 2040. The van der Waals surface area contributed by atoms with Gasteiger partial charge in [0, 0.05) is 21.5 Å². The van der Waals surface area contributed by atoms with E-state index in [1.54, 1.807) is 42.5 Å². The Morgan fingerprint density at radius 1 is 0.933 bits per heavy atom. The minimum atomic E-state index is -0.763. The number of thioether (sulfide) groups is 1. The summed E-state index contributed by atoms with van der Waals surface area (Å²) in [6.07, 6.45) is 0. The van der Waals surface area contributed by atoms with Crippen molar-refractivity contribution in [2.24, 2.45) is 5.92 Å². The molecule has 0 radical (unpaired) electrons. The Labute approximate surface area is 270 Å². The van der Waals surface area contributed by atoms with Crippen LogP contribution in [-0.4, -0.2) is 41.7 Å². The summed E-state index contributed by atoms with van der Waals surface area (Å²) < 4.78 is 11.5. The zero-order valence-electron chi connectivity index (χ0n) is 23.6. The zero-order chi connectivity index (χ0) is 31.2. The maximum Gasteiger partial charge on any atom is 0.305 e. The van der Waals surface area contributed by atoms with Gasteiger partial charge in [-0.05, 0) is 64.9 Å². The first-order chi connectivity index (χ1) is 21.8. The second kappa shape index (κ2) is 11.7. The van der Waals surface area contributed by atoms with Gasteiger partial charge in [0.1, 0.15) is 5.25 Å². The lowest BCUT2D eigenvalue weighted by atomic mass is 9.83. The number of nitrogens with zero attached hydrogens (tertiary/aromatic N) is 1. The van der Waals surface area contributed by atoms with E-state index in [9.17, 15) is 19.2 Å². The van der Waals surface area contributed by atoms with Gasteiger partial charge in [-0.25, -0.2) is 4.90 Å². The number of methoxy groups -OCH3 is 1. The van der Waals surface area contributed by atoms with Crippen LogP contribution in [-0.2, 0) is 14.4 Å². The van der Waals surface area contributed by atoms with E-state index in [2.05, 4.69) is 10.3 Å². The second-order valence-corrected chi connectivity index (χ2v) is 13.2. The predicted molar refractivity (Wildman–Crippen MR) is 175 cm³/mol. The molecule has 1 fully saturated rings. The maximum atomic E-state index is 13.9. The molecule has 2 aliphatic heterocycles. The Balaban J connectivity index is 1.15. The number of benzene rings is 4. The number of fused-ring (bicyclic) bond motifs is 3. The van der Waals surface area contributed by atoms with Crippen molar-refractivity contribution in [2.75, 3.05) is 23.9 Å². The lowest BCUT2D eigenvalue weighted by Crippen LogP contribution is -2.32. The molecule has 3 amide bonds. The molecule has 3 atom stereocenters. The van der Waals surface area contributed by atoms with Gasteiger partial charge in [-0.3, -0.25) is 19.2 Å².